The van der Waals surface area contributed by atoms with Crippen molar-refractivity contribution < 1.29 is 9.18 Å². The van der Waals surface area contributed by atoms with Gasteiger partial charge in [0.05, 0.1) is 21.3 Å². The second-order valence-electron chi connectivity index (χ2n) is 6.08. The topological polar surface area (TPSA) is 22.0 Å². The van der Waals surface area contributed by atoms with Crippen LogP contribution in [0.4, 0.5) is 4.39 Å². The van der Waals surface area contributed by atoms with E-state index < -0.39 is 12.0 Å². The van der Waals surface area contributed by atoms with Crippen LogP contribution in [-0.4, -0.2) is 16.5 Å². The summed E-state index contributed by atoms with van der Waals surface area (Å²) in [5.41, 5.74) is 3.81. The Kier molecular flexibility index (Phi) is 3.66. The Morgan fingerprint density at radius 2 is 1.92 bits per heavy atom. The lowest BCUT2D eigenvalue weighted by molar-refractivity contribution is 0.0849. The third-order valence-electron chi connectivity index (χ3n) is 4.65. The minimum atomic E-state index is -1.47. The second kappa shape index (κ2) is 5.61. The Balaban J connectivity index is 2.19. The van der Waals surface area contributed by atoms with Gasteiger partial charge in [0.15, 0.2) is 6.17 Å². The Morgan fingerprint density at radius 1 is 1.17 bits per heavy atom. The van der Waals surface area contributed by atoms with E-state index >= 15 is 0 Å². The molecule has 1 aromatic heterocycles. The molecule has 0 radical (unpaired) electrons. The minimum absolute atomic E-state index is 0.182. The van der Waals surface area contributed by atoms with Crippen LogP contribution in [0.5, 0.6) is 0 Å². The monoisotopic (exact) mass is 361 g/mol. The number of nitrogens with zero attached hydrogens (tertiary/aromatic N) is 1. The summed E-state index contributed by atoms with van der Waals surface area (Å²) in [5.74, 6) is -0.483. The number of ketones is 1. The van der Waals surface area contributed by atoms with Crippen molar-refractivity contribution in [3.05, 3.63) is 63.3 Å². The van der Waals surface area contributed by atoms with E-state index in [1.165, 1.54) is 0 Å². The molecule has 1 aliphatic carbocycles. The van der Waals surface area contributed by atoms with Gasteiger partial charge in [-0.3, -0.25) is 4.79 Å². The summed E-state index contributed by atoms with van der Waals surface area (Å²) >= 11 is 12.6. The molecule has 0 fully saturated rings. The molecule has 4 rings (SSSR count). The van der Waals surface area contributed by atoms with Gasteiger partial charge < -0.3 is 4.57 Å². The molecule has 1 unspecified atom stereocenters. The molecule has 0 saturated carbocycles. The van der Waals surface area contributed by atoms with Crippen LogP contribution in [0, 0.1) is 6.92 Å². The van der Waals surface area contributed by atoms with Gasteiger partial charge in [-0.1, -0.05) is 41.4 Å². The SMILES string of the molecule is Cc1ccccc1-n1c2c(c3c(Cl)c(Cl)ccc31)CCC(F)C2=O. The highest BCUT2D eigenvalue weighted by Crippen LogP contribution is 2.41. The Labute approximate surface area is 148 Å². The van der Waals surface area contributed by atoms with Gasteiger partial charge in [-0.05, 0) is 49.1 Å². The number of carbonyl (C=O) groups excluding carboxylic acids is 1. The fourth-order valence-corrected chi connectivity index (χ4v) is 3.94. The molecule has 0 amide bonds. The predicted molar refractivity (Wildman–Crippen MR) is 95.6 cm³/mol. The van der Waals surface area contributed by atoms with E-state index in [0.717, 1.165) is 27.7 Å². The number of aromatic nitrogens is 1. The maximum Gasteiger partial charge on any atom is 0.213 e. The molecule has 2 nitrogen and oxygen atoms in total. The molecule has 0 spiro atoms. The second-order valence-corrected chi connectivity index (χ2v) is 6.86. The lowest BCUT2D eigenvalue weighted by atomic mass is 9.93. The number of Topliss-reactive ketones (excluding diaryl/α,β-unsaturated/α-hetero) is 1. The van der Waals surface area contributed by atoms with Crippen LogP contribution in [-0.2, 0) is 6.42 Å². The smallest absolute Gasteiger partial charge is 0.213 e. The van der Waals surface area contributed by atoms with Crippen LogP contribution in [0.3, 0.4) is 0 Å². The van der Waals surface area contributed by atoms with Crippen molar-refractivity contribution in [3.8, 4) is 5.69 Å². The van der Waals surface area contributed by atoms with Crippen LogP contribution in [0.25, 0.3) is 16.6 Å². The number of hydrogen-bond acceptors (Lipinski definition) is 1. The molecule has 3 aromatic rings. The first kappa shape index (κ1) is 15.7. The summed E-state index contributed by atoms with van der Waals surface area (Å²) in [6.07, 6.45) is -0.821. The maximum absolute atomic E-state index is 14.1. The van der Waals surface area contributed by atoms with Crippen molar-refractivity contribution in [3.63, 3.8) is 0 Å². The summed E-state index contributed by atoms with van der Waals surface area (Å²) in [7, 11) is 0. The highest BCUT2D eigenvalue weighted by molar-refractivity contribution is 6.45. The zero-order valence-corrected chi connectivity index (χ0v) is 14.5. The van der Waals surface area contributed by atoms with E-state index in [9.17, 15) is 9.18 Å². The zero-order chi connectivity index (χ0) is 17.0. The third kappa shape index (κ3) is 2.11. The fourth-order valence-electron chi connectivity index (χ4n) is 3.51. The van der Waals surface area contributed by atoms with E-state index in [0.29, 0.717) is 22.2 Å². The van der Waals surface area contributed by atoms with Gasteiger partial charge >= 0.3 is 0 Å². The molecule has 0 saturated heterocycles. The number of benzene rings is 2. The molecule has 1 atom stereocenters. The predicted octanol–water partition coefficient (Wildman–Crippen LogP) is 5.71. The van der Waals surface area contributed by atoms with Gasteiger partial charge in [-0.2, -0.15) is 0 Å². The number of halogens is 3. The van der Waals surface area contributed by atoms with Crippen LogP contribution in [0.2, 0.25) is 10.0 Å². The molecule has 24 heavy (non-hydrogen) atoms. The summed E-state index contributed by atoms with van der Waals surface area (Å²) in [6, 6.07) is 11.3. The number of carbonyl (C=O) groups is 1. The third-order valence-corrected chi connectivity index (χ3v) is 5.45. The Hall–Kier alpha value is -1.84. The molecular weight excluding hydrogens is 348 g/mol. The molecule has 2 aromatic carbocycles. The molecule has 1 heterocycles. The number of aryl methyl sites for hydroxylation is 2. The van der Waals surface area contributed by atoms with Gasteiger partial charge in [0, 0.05) is 11.1 Å². The van der Waals surface area contributed by atoms with E-state index in [4.69, 9.17) is 23.2 Å². The first-order chi connectivity index (χ1) is 11.5. The number of para-hydroxylation sites is 1. The van der Waals surface area contributed by atoms with E-state index in [2.05, 4.69) is 0 Å². The van der Waals surface area contributed by atoms with Crippen molar-refractivity contribution in [2.75, 3.05) is 0 Å². The van der Waals surface area contributed by atoms with E-state index in [1.807, 2.05) is 41.8 Å². The van der Waals surface area contributed by atoms with E-state index in [1.54, 1.807) is 6.07 Å². The Bertz CT molecular complexity index is 993. The molecule has 1 aliphatic rings. The first-order valence-electron chi connectivity index (χ1n) is 7.76. The number of alkyl halides is 1. The van der Waals surface area contributed by atoms with Gasteiger partial charge in [-0.15, -0.1) is 0 Å². The van der Waals surface area contributed by atoms with Gasteiger partial charge in [-0.25, -0.2) is 4.39 Å². The van der Waals surface area contributed by atoms with Crippen LogP contribution >= 0.6 is 23.2 Å². The zero-order valence-electron chi connectivity index (χ0n) is 12.9. The van der Waals surface area contributed by atoms with Crippen molar-refractivity contribution >= 4 is 39.9 Å². The molecule has 0 bridgehead atoms. The van der Waals surface area contributed by atoms with Crippen molar-refractivity contribution in [2.24, 2.45) is 0 Å². The highest BCUT2D eigenvalue weighted by Gasteiger charge is 2.34. The summed E-state index contributed by atoms with van der Waals surface area (Å²) in [6.45, 7) is 1.96. The van der Waals surface area contributed by atoms with Crippen LogP contribution in [0.1, 0.15) is 28.0 Å². The molecular formula is C19H14Cl2FNO. The highest BCUT2D eigenvalue weighted by atomic mass is 35.5. The van der Waals surface area contributed by atoms with Gasteiger partial charge in [0.1, 0.15) is 0 Å². The minimum Gasteiger partial charge on any atom is -0.306 e. The van der Waals surface area contributed by atoms with Crippen molar-refractivity contribution in [1.82, 2.24) is 4.57 Å². The first-order valence-corrected chi connectivity index (χ1v) is 8.52. The lowest BCUT2D eigenvalue weighted by Crippen LogP contribution is -2.25. The number of rotatable bonds is 1. The molecule has 5 heteroatoms. The molecule has 122 valence electrons. The molecule has 0 aliphatic heterocycles. The standard InChI is InChI=1S/C19H14Cl2FNO/c1-10-4-2-3-5-14(10)23-15-9-7-12(20)17(21)16(15)11-6-8-13(22)19(24)18(11)23/h2-5,7,9,13H,6,8H2,1H3. The lowest BCUT2D eigenvalue weighted by Gasteiger charge is -2.19. The summed E-state index contributed by atoms with van der Waals surface area (Å²) < 4.78 is 16.0. The normalized spacial score (nSPS) is 17.3. The number of fused-ring (bicyclic) bond motifs is 3. The Morgan fingerprint density at radius 3 is 2.67 bits per heavy atom. The quantitative estimate of drug-likeness (QED) is 0.543. The van der Waals surface area contributed by atoms with Gasteiger partial charge in [0.25, 0.3) is 0 Å². The summed E-state index contributed by atoms with van der Waals surface area (Å²) in [5, 5.41) is 1.61. The van der Waals surface area contributed by atoms with Crippen LogP contribution < -0.4 is 0 Å². The van der Waals surface area contributed by atoms with Crippen molar-refractivity contribution in [1.29, 1.82) is 0 Å². The number of hydrogen-bond donors (Lipinski definition) is 0. The van der Waals surface area contributed by atoms with Crippen molar-refractivity contribution in [2.45, 2.75) is 25.9 Å². The van der Waals surface area contributed by atoms with Gasteiger partial charge in [0.2, 0.25) is 5.78 Å². The fraction of sp³-hybridized carbons (Fsp3) is 0.211. The molecule has 0 N–H and O–H groups in total. The average molecular weight is 362 g/mol. The maximum atomic E-state index is 14.1. The summed E-state index contributed by atoms with van der Waals surface area (Å²) in [4.78, 5) is 12.6. The average Bonchev–Trinajstić information content (AvgIpc) is 2.90. The van der Waals surface area contributed by atoms with Crippen LogP contribution in [0.15, 0.2) is 36.4 Å². The van der Waals surface area contributed by atoms with E-state index in [-0.39, 0.29) is 6.42 Å². The largest absolute Gasteiger partial charge is 0.306 e.